The van der Waals surface area contributed by atoms with E-state index in [0.29, 0.717) is 5.75 Å². The average molecular weight is 293 g/mol. The Bertz CT molecular complexity index is 529. The molecule has 4 heteroatoms. The minimum atomic E-state index is 0. The van der Waals surface area contributed by atoms with Crippen molar-refractivity contribution in [1.29, 1.82) is 0 Å². The largest absolute Gasteiger partial charge is 0.506 e. The van der Waals surface area contributed by atoms with Crippen molar-refractivity contribution in [1.82, 2.24) is 9.88 Å². The lowest BCUT2D eigenvalue weighted by Crippen LogP contribution is -2.12. The first kappa shape index (κ1) is 16.5. The second-order valence-corrected chi connectivity index (χ2v) is 4.99. The van der Waals surface area contributed by atoms with E-state index in [2.05, 4.69) is 22.0 Å². The number of aromatic nitrogens is 1. The molecule has 0 aliphatic rings. The van der Waals surface area contributed by atoms with Gasteiger partial charge >= 0.3 is 0 Å². The van der Waals surface area contributed by atoms with Crippen LogP contribution in [-0.4, -0.2) is 29.1 Å². The predicted octanol–water partition coefficient (Wildman–Crippen LogP) is 3.06. The van der Waals surface area contributed by atoms with E-state index in [4.69, 9.17) is 0 Å². The van der Waals surface area contributed by atoms with Crippen molar-refractivity contribution in [2.75, 3.05) is 14.1 Å². The highest BCUT2D eigenvalue weighted by Crippen LogP contribution is 2.17. The number of hydrogen-bond acceptors (Lipinski definition) is 3. The number of hydrogen-bond donors (Lipinski definition) is 1. The first-order valence-corrected chi connectivity index (χ1v) is 6.51. The molecule has 20 heavy (non-hydrogen) atoms. The molecular weight excluding hydrogens is 272 g/mol. The molecule has 1 aromatic heterocycles. The molecule has 0 saturated heterocycles. The maximum absolute atomic E-state index is 9.87. The number of aromatic hydroxyl groups is 1. The lowest BCUT2D eigenvalue weighted by atomic mass is 10.1. The zero-order chi connectivity index (χ0) is 13.7. The lowest BCUT2D eigenvalue weighted by molar-refractivity contribution is 0.394. The Balaban J connectivity index is 0.00000200. The van der Waals surface area contributed by atoms with Crippen LogP contribution in [0.4, 0.5) is 0 Å². The number of halogens is 1. The molecule has 0 radical (unpaired) electrons. The summed E-state index contributed by atoms with van der Waals surface area (Å²) >= 11 is 0. The van der Waals surface area contributed by atoms with E-state index < -0.39 is 0 Å². The van der Waals surface area contributed by atoms with Gasteiger partial charge in [0.1, 0.15) is 5.75 Å². The molecule has 2 rings (SSSR count). The zero-order valence-electron chi connectivity index (χ0n) is 11.9. The first-order valence-electron chi connectivity index (χ1n) is 6.51. The molecule has 0 atom stereocenters. The maximum atomic E-state index is 9.87. The van der Waals surface area contributed by atoms with Crippen LogP contribution in [0.2, 0.25) is 0 Å². The summed E-state index contributed by atoms with van der Waals surface area (Å²) in [6, 6.07) is 13.9. The summed E-state index contributed by atoms with van der Waals surface area (Å²) in [5.74, 6) is 0.290. The quantitative estimate of drug-likeness (QED) is 0.920. The molecule has 1 N–H and O–H groups in total. The fourth-order valence-corrected chi connectivity index (χ4v) is 2.04. The highest BCUT2D eigenvalue weighted by molar-refractivity contribution is 5.85. The molecule has 108 valence electrons. The third kappa shape index (κ3) is 4.83. The minimum absolute atomic E-state index is 0. The molecule has 0 aliphatic heterocycles. The van der Waals surface area contributed by atoms with Gasteiger partial charge in [-0.3, -0.25) is 4.98 Å². The molecule has 0 amide bonds. The average Bonchev–Trinajstić information content (AvgIpc) is 2.40. The Hall–Kier alpha value is -1.58. The van der Waals surface area contributed by atoms with Crippen LogP contribution in [0.15, 0.2) is 42.5 Å². The van der Waals surface area contributed by atoms with Gasteiger partial charge in [-0.15, -0.1) is 12.4 Å². The van der Waals surface area contributed by atoms with E-state index >= 15 is 0 Å². The molecule has 3 nitrogen and oxygen atoms in total. The van der Waals surface area contributed by atoms with E-state index in [0.717, 1.165) is 30.8 Å². The molecule has 1 heterocycles. The van der Waals surface area contributed by atoms with Gasteiger partial charge in [0.15, 0.2) is 0 Å². The van der Waals surface area contributed by atoms with Crippen LogP contribution in [0.3, 0.4) is 0 Å². The van der Waals surface area contributed by atoms with Crippen molar-refractivity contribution in [2.45, 2.75) is 19.4 Å². The van der Waals surface area contributed by atoms with Gasteiger partial charge in [-0.2, -0.15) is 0 Å². The van der Waals surface area contributed by atoms with Crippen molar-refractivity contribution in [3.8, 4) is 5.75 Å². The molecule has 0 fully saturated rings. The van der Waals surface area contributed by atoms with E-state index in [-0.39, 0.29) is 12.4 Å². The Kier molecular flexibility index (Phi) is 6.49. The second-order valence-electron chi connectivity index (χ2n) is 4.99. The SMILES string of the molecule is CN(C)Cc1ccc(O)c(CCc2ccccc2)n1.Cl. The van der Waals surface area contributed by atoms with Crippen molar-refractivity contribution < 1.29 is 5.11 Å². The molecule has 0 aliphatic carbocycles. The standard InChI is InChI=1S/C16H20N2O.ClH/c1-18(2)12-14-9-11-16(19)15(17-14)10-8-13-6-4-3-5-7-13;/h3-7,9,11,19H,8,10,12H2,1-2H3;1H. The smallest absolute Gasteiger partial charge is 0.137 e. The number of nitrogens with zero attached hydrogens (tertiary/aromatic N) is 2. The van der Waals surface area contributed by atoms with Gasteiger partial charge < -0.3 is 10.0 Å². The third-order valence-corrected chi connectivity index (χ3v) is 2.98. The van der Waals surface area contributed by atoms with Crippen LogP contribution in [0.25, 0.3) is 0 Å². The van der Waals surface area contributed by atoms with Crippen molar-refractivity contribution >= 4 is 12.4 Å². The topological polar surface area (TPSA) is 36.4 Å². The lowest BCUT2D eigenvalue weighted by Gasteiger charge is -2.11. The number of rotatable bonds is 5. The highest BCUT2D eigenvalue weighted by Gasteiger charge is 2.06. The Labute approximate surface area is 126 Å². The molecule has 0 bridgehead atoms. The van der Waals surface area contributed by atoms with Gasteiger partial charge in [-0.25, -0.2) is 0 Å². The summed E-state index contributed by atoms with van der Waals surface area (Å²) in [5, 5.41) is 9.87. The number of pyridine rings is 1. The number of aryl methyl sites for hydroxylation is 2. The van der Waals surface area contributed by atoms with Gasteiger partial charge in [-0.1, -0.05) is 30.3 Å². The van der Waals surface area contributed by atoms with Crippen LogP contribution in [0.1, 0.15) is 17.0 Å². The fraction of sp³-hybridized carbons (Fsp3) is 0.312. The predicted molar refractivity (Wildman–Crippen MR) is 84.4 cm³/mol. The molecule has 0 saturated carbocycles. The maximum Gasteiger partial charge on any atom is 0.137 e. The fourth-order valence-electron chi connectivity index (χ4n) is 2.04. The van der Waals surface area contributed by atoms with E-state index in [1.54, 1.807) is 6.07 Å². The Morgan fingerprint density at radius 2 is 1.70 bits per heavy atom. The summed E-state index contributed by atoms with van der Waals surface area (Å²) < 4.78 is 0. The van der Waals surface area contributed by atoms with E-state index in [1.807, 2.05) is 38.4 Å². The summed E-state index contributed by atoms with van der Waals surface area (Å²) in [7, 11) is 4.02. The Morgan fingerprint density at radius 1 is 1.00 bits per heavy atom. The molecule has 1 aromatic carbocycles. The zero-order valence-corrected chi connectivity index (χ0v) is 12.7. The van der Waals surface area contributed by atoms with Crippen molar-refractivity contribution in [2.24, 2.45) is 0 Å². The van der Waals surface area contributed by atoms with Gasteiger partial charge in [0.25, 0.3) is 0 Å². The monoisotopic (exact) mass is 292 g/mol. The van der Waals surface area contributed by atoms with Gasteiger partial charge in [0, 0.05) is 6.54 Å². The highest BCUT2D eigenvalue weighted by atomic mass is 35.5. The number of benzene rings is 1. The van der Waals surface area contributed by atoms with Crippen LogP contribution in [-0.2, 0) is 19.4 Å². The summed E-state index contributed by atoms with van der Waals surface area (Å²) in [6.45, 7) is 0.790. The summed E-state index contributed by atoms with van der Waals surface area (Å²) in [4.78, 5) is 6.61. The second kappa shape index (κ2) is 7.88. The molecule has 0 spiro atoms. The normalized spacial score (nSPS) is 10.3. The van der Waals surface area contributed by atoms with Crippen LogP contribution >= 0.6 is 12.4 Å². The van der Waals surface area contributed by atoms with Gasteiger partial charge in [0.2, 0.25) is 0 Å². The Morgan fingerprint density at radius 3 is 2.35 bits per heavy atom. The minimum Gasteiger partial charge on any atom is -0.506 e. The first-order chi connectivity index (χ1) is 9.15. The van der Waals surface area contributed by atoms with Gasteiger partial charge in [0.05, 0.1) is 11.4 Å². The third-order valence-electron chi connectivity index (χ3n) is 2.98. The van der Waals surface area contributed by atoms with E-state index in [1.165, 1.54) is 5.56 Å². The van der Waals surface area contributed by atoms with Crippen LogP contribution in [0, 0.1) is 0 Å². The van der Waals surface area contributed by atoms with Crippen LogP contribution in [0.5, 0.6) is 5.75 Å². The van der Waals surface area contributed by atoms with Crippen molar-refractivity contribution in [3.05, 3.63) is 59.4 Å². The van der Waals surface area contributed by atoms with Crippen molar-refractivity contribution in [3.63, 3.8) is 0 Å². The summed E-state index contributed by atoms with van der Waals surface area (Å²) in [6.07, 6.45) is 1.66. The summed E-state index contributed by atoms with van der Waals surface area (Å²) in [5.41, 5.74) is 3.04. The van der Waals surface area contributed by atoms with Crippen LogP contribution < -0.4 is 0 Å². The van der Waals surface area contributed by atoms with Gasteiger partial charge in [-0.05, 0) is 44.6 Å². The molecular formula is C16H21ClN2O. The van der Waals surface area contributed by atoms with E-state index in [9.17, 15) is 5.11 Å². The molecule has 0 unspecified atom stereocenters. The molecule has 2 aromatic rings.